The Bertz CT molecular complexity index is 1250. The summed E-state index contributed by atoms with van der Waals surface area (Å²) in [5, 5.41) is 5.51. The van der Waals surface area contributed by atoms with E-state index < -0.39 is 39.2 Å². The van der Waals surface area contributed by atoms with Crippen molar-refractivity contribution in [1.29, 1.82) is 0 Å². The minimum atomic E-state index is -3.73. The van der Waals surface area contributed by atoms with Crippen molar-refractivity contribution in [2.24, 2.45) is 5.92 Å². The van der Waals surface area contributed by atoms with Crippen LogP contribution in [0.4, 0.5) is 10.1 Å². The number of nitrogens with one attached hydrogen (secondary N) is 3. The summed E-state index contributed by atoms with van der Waals surface area (Å²) < 4.78 is 41.0. The van der Waals surface area contributed by atoms with Crippen molar-refractivity contribution in [2.75, 3.05) is 18.4 Å². The predicted molar refractivity (Wildman–Crippen MR) is 142 cm³/mol. The van der Waals surface area contributed by atoms with Crippen LogP contribution in [-0.2, 0) is 19.6 Å². The highest BCUT2D eigenvalue weighted by Crippen LogP contribution is 2.23. The zero-order chi connectivity index (χ0) is 28.1. The molecular formula is C27H35FN4O5S. The number of halogens is 1. The molecule has 206 valence electrons. The van der Waals surface area contributed by atoms with Gasteiger partial charge in [0.2, 0.25) is 21.8 Å². The van der Waals surface area contributed by atoms with Gasteiger partial charge in [-0.25, -0.2) is 17.5 Å². The molecule has 2 aromatic carbocycles. The van der Waals surface area contributed by atoms with Crippen molar-refractivity contribution in [3.8, 4) is 0 Å². The summed E-state index contributed by atoms with van der Waals surface area (Å²) in [6, 6.07) is 9.90. The van der Waals surface area contributed by atoms with Gasteiger partial charge in [-0.3, -0.25) is 14.4 Å². The maximum atomic E-state index is 13.3. The topological polar surface area (TPSA) is 125 Å². The third-order valence-corrected chi connectivity index (χ3v) is 8.00. The normalized spacial score (nSPS) is 15.6. The van der Waals surface area contributed by atoms with Crippen molar-refractivity contribution in [3.05, 3.63) is 59.9 Å². The minimum absolute atomic E-state index is 0.00511. The van der Waals surface area contributed by atoms with E-state index in [0.29, 0.717) is 38.0 Å². The van der Waals surface area contributed by atoms with Gasteiger partial charge in [-0.05, 0) is 94.5 Å². The van der Waals surface area contributed by atoms with Gasteiger partial charge in [0.1, 0.15) is 11.9 Å². The molecule has 0 saturated carbocycles. The van der Waals surface area contributed by atoms with E-state index in [9.17, 15) is 27.2 Å². The van der Waals surface area contributed by atoms with E-state index in [1.807, 2.05) is 0 Å². The molecule has 3 rings (SSSR count). The number of anilines is 1. The van der Waals surface area contributed by atoms with Gasteiger partial charge in [-0.2, -0.15) is 0 Å². The van der Waals surface area contributed by atoms with E-state index in [1.54, 1.807) is 25.7 Å². The number of benzene rings is 2. The molecule has 11 heteroatoms. The minimum Gasteiger partial charge on any atom is -0.343 e. The Morgan fingerprint density at radius 2 is 1.58 bits per heavy atom. The number of rotatable bonds is 8. The van der Waals surface area contributed by atoms with Crippen molar-refractivity contribution < 1.29 is 27.2 Å². The van der Waals surface area contributed by atoms with Crippen molar-refractivity contribution >= 4 is 33.4 Å². The lowest BCUT2D eigenvalue weighted by molar-refractivity contribution is -0.130. The largest absolute Gasteiger partial charge is 0.343 e. The first-order valence-electron chi connectivity index (χ1n) is 12.5. The van der Waals surface area contributed by atoms with E-state index >= 15 is 0 Å². The summed E-state index contributed by atoms with van der Waals surface area (Å²) >= 11 is 0. The summed E-state index contributed by atoms with van der Waals surface area (Å²) in [7, 11) is -3.73. The van der Waals surface area contributed by atoms with Gasteiger partial charge in [-0.1, -0.05) is 0 Å². The van der Waals surface area contributed by atoms with E-state index in [-0.39, 0.29) is 22.3 Å². The Morgan fingerprint density at radius 1 is 1.00 bits per heavy atom. The Balaban J connectivity index is 1.73. The number of carbonyl (C=O) groups excluding carboxylic acids is 3. The second-order valence-corrected chi connectivity index (χ2v) is 12.3. The molecule has 1 heterocycles. The van der Waals surface area contributed by atoms with Crippen molar-refractivity contribution in [3.63, 3.8) is 0 Å². The zero-order valence-corrected chi connectivity index (χ0v) is 22.9. The van der Waals surface area contributed by atoms with Crippen LogP contribution < -0.4 is 15.4 Å². The fraction of sp³-hybridized carbons (Fsp3) is 0.444. The van der Waals surface area contributed by atoms with Crippen LogP contribution in [0, 0.1) is 11.7 Å². The zero-order valence-electron chi connectivity index (χ0n) is 22.1. The third kappa shape index (κ3) is 8.35. The molecule has 0 aliphatic carbocycles. The molecule has 3 amide bonds. The molecule has 1 fully saturated rings. The van der Waals surface area contributed by atoms with E-state index in [0.717, 1.165) is 0 Å². The number of likely N-dealkylation sites (tertiary alicyclic amines) is 1. The smallest absolute Gasteiger partial charge is 0.251 e. The number of hydrogen-bond donors (Lipinski definition) is 3. The van der Waals surface area contributed by atoms with Gasteiger partial charge in [0, 0.05) is 36.8 Å². The van der Waals surface area contributed by atoms with E-state index in [2.05, 4.69) is 15.4 Å². The van der Waals surface area contributed by atoms with Gasteiger partial charge in [0.05, 0.1) is 4.90 Å². The highest BCUT2D eigenvalue weighted by Gasteiger charge is 2.29. The standard InChI is InChI=1S/C27H35FN4O5S/c1-18(33)32-15-13-19(14-16-32)17-24(30-25(34)20-5-7-21(28)8-6-20)26(35)29-22-9-11-23(12-10-22)38(36,37)31-27(2,3)4/h5-12,19,24,31H,13-17H2,1-4H3,(H,29,35)(H,30,34). The molecule has 1 unspecified atom stereocenters. The van der Waals surface area contributed by atoms with E-state index in [1.165, 1.54) is 55.5 Å². The number of sulfonamides is 1. The lowest BCUT2D eigenvalue weighted by Gasteiger charge is -2.33. The monoisotopic (exact) mass is 546 g/mol. The van der Waals surface area contributed by atoms with Crippen molar-refractivity contribution in [2.45, 2.75) is 63.4 Å². The van der Waals surface area contributed by atoms with Gasteiger partial charge in [0.15, 0.2) is 0 Å². The van der Waals surface area contributed by atoms with Gasteiger partial charge >= 0.3 is 0 Å². The van der Waals surface area contributed by atoms with Crippen LogP contribution in [0.5, 0.6) is 0 Å². The van der Waals surface area contributed by atoms with Gasteiger partial charge < -0.3 is 15.5 Å². The summed E-state index contributed by atoms with van der Waals surface area (Å²) in [5.41, 5.74) is -0.0592. The van der Waals surface area contributed by atoms with Crippen LogP contribution in [0.15, 0.2) is 53.4 Å². The second kappa shape index (κ2) is 12.0. The molecule has 1 atom stereocenters. The average molecular weight is 547 g/mol. The van der Waals surface area contributed by atoms with Crippen LogP contribution in [-0.4, -0.2) is 55.7 Å². The number of amides is 3. The lowest BCUT2D eigenvalue weighted by Crippen LogP contribution is -2.46. The summed E-state index contributed by atoms with van der Waals surface area (Å²) in [6.45, 7) is 7.91. The maximum absolute atomic E-state index is 13.3. The van der Waals surface area contributed by atoms with Crippen LogP contribution in [0.3, 0.4) is 0 Å². The van der Waals surface area contributed by atoms with Gasteiger partial charge in [-0.15, -0.1) is 0 Å². The number of carbonyl (C=O) groups is 3. The molecule has 0 radical (unpaired) electrons. The number of hydrogen-bond acceptors (Lipinski definition) is 5. The number of nitrogens with zero attached hydrogens (tertiary/aromatic N) is 1. The van der Waals surface area contributed by atoms with Crippen LogP contribution in [0.1, 0.15) is 57.3 Å². The Morgan fingerprint density at radius 3 is 2.11 bits per heavy atom. The van der Waals surface area contributed by atoms with Crippen molar-refractivity contribution in [1.82, 2.24) is 14.9 Å². The highest BCUT2D eigenvalue weighted by molar-refractivity contribution is 7.89. The van der Waals surface area contributed by atoms with Crippen LogP contribution in [0.2, 0.25) is 0 Å². The van der Waals surface area contributed by atoms with Crippen LogP contribution in [0.25, 0.3) is 0 Å². The molecule has 38 heavy (non-hydrogen) atoms. The first-order valence-corrected chi connectivity index (χ1v) is 14.0. The molecule has 2 aromatic rings. The number of piperidine rings is 1. The SMILES string of the molecule is CC(=O)N1CCC(CC(NC(=O)c2ccc(F)cc2)C(=O)Nc2ccc(S(=O)(=O)NC(C)(C)C)cc2)CC1. The fourth-order valence-corrected chi connectivity index (χ4v) is 5.72. The molecule has 1 saturated heterocycles. The quantitative estimate of drug-likeness (QED) is 0.469. The fourth-order valence-electron chi connectivity index (χ4n) is 4.30. The molecule has 0 spiro atoms. The molecule has 0 bridgehead atoms. The van der Waals surface area contributed by atoms with Gasteiger partial charge in [0.25, 0.3) is 5.91 Å². The Hall–Kier alpha value is -3.31. The summed E-state index contributed by atoms with van der Waals surface area (Å²) in [6.07, 6.45) is 1.75. The highest BCUT2D eigenvalue weighted by atomic mass is 32.2. The molecule has 1 aliphatic heterocycles. The molecule has 3 N–H and O–H groups in total. The van der Waals surface area contributed by atoms with Crippen LogP contribution >= 0.6 is 0 Å². The predicted octanol–water partition coefficient (Wildman–Crippen LogP) is 3.29. The summed E-state index contributed by atoms with van der Waals surface area (Å²) in [4.78, 5) is 39.6. The molecule has 9 nitrogen and oxygen atoms in total. The molecule has 1 aliphatic rings. The maximum Gasteiger partial charge on any atom is 0.251 e. The molecule has 0 aromatic heterocycles. The average Bonchev–Trinajstić information content (AvgIpc) is 2.83. The first kappa shape index (κ1) is 29.2. The second-order valence-electron chi connectivity index (χ2n) is 10.6. The Labute approximate surface area is 223 Å². The Kier molecular flexibility index (Phi) is 9.26. The van der Waals surface area contributed by atoms with E-state index in [4.69, 9.17) is 0 Å². The molecular weight excluding hydrogens is 511 g/mol. The first-order chi connectivity index (χ1) is 17.7. The summed E-state index contributed by atoms with van der Waals surface area (Å²) in [5.74, 6) is -1.34. The third-order valence-electron chi connectivity index (χ3n) is 6.23. The lowest BCUT2D eigenvalue weighted by atomic mass is 9.89.